The van der Waals surface area contributed by atoms with Crippen LogP contribution in [0.4, 0.5) is 8.78 Å². The summed E-state index contributed by atoms with van der Waals surface area (Å²) in [4.78, 5) is 1.72. The minimum Gasteiger partial charge on any atom is -0.377 e. The molecule has 0 N–H and O–H groups in total. The fourth-order valence-corrected chi connectivity index (χ4v) is 1.85. The first-order valence-corrected chi connectivity index (χ1v) is 3.71. The van der Waals surface area contributed by atoms with Gasteiger partial charge in [0.15, 0.2) is 0 Å². The number of alkyl halides is 2. The van der Waals surface area contributed by atoms with E-state index in [-0.39, 0.29) is 18.5 Å². The van der Waals surface area contributed by atoms with Gasteiger partial charge in [0.25, 0.3) is 5.92 Å². The minimum atomic E-state index is -2.50. The summed E-state index contributed by atoms with van der Waals surface area (Å²) in [5.41, 5.74) is -0.330. The molecule has 0 amide bonds. The number of halogens is 2. The zero-order chi connectivity index (χ0) is 8.11. The van der Waals surface area contributed by atoms with Gasteiger partial charge in [-0.25, -0.2) is 8.78 Å². The average Bonchev–Trinajstić information content (AvgIpc) is 1.99. The van der Waals surface area contributed by atoms with Crippen LogP contribution in [0.15, 0.2) is 0 Å². The molecule has 11 heavy (non-hydrogen) atoms. The molecule has 2 saturated heterocycles. The third-order valence-corrected chi connectivity index (χ3v) is 2.61. The highest BCUT2D eigenvalue weighted by molar-refractivity contribution is 5.05. The molecule has 2 fully saturated rings. The van der Waals surface area contributed by atoms with E-state index in [4.69, 9.17) is 4.74 Å². The predicted octanol–water partition coefficient (Wildman–Crippen LogP) is 0.726. The summed E-state index contributed by atoms with van der Waals surface area (Å²) in [6.45, 7) is 0.828. The SMILES string of the molecule is CN1CC(F)(F)CC12COC2. The zero-order valence-electron chi connectivity index (χ0n) is 6.44. The van der Waals surface area contributed by atoms with Crippen LogP contribution in [0.25, 0.3) is 0 Å². The Morgan fingerprint density at radius 2 is 2.00 bits per heavy atom. The summed E-state index contributed by atoms with van der Waals surface area (Å²) in [6.07, 6.45) is -0.0312. The summed E-state index contributed by atoms with van der Waals surface area (Å²) in [5, 5.41) is 0. The van der Waals surface area contributed by atoms with Crippen molar-refractivity contribution >= 4 is 0 Å². The standard InChI is InChI=1S/C7H11F2NO/c1-10-3-7(8,9)2-6(10)4-11-5-6/h2-5H2,1H3. The molecule has 2 rings (SSSR count). The molecule has 2 heterocycles. The highest BCUT2D eigenvalue weighted by Crippen LogP contribution is 2.42. The van der Waals surface area contributed by atoms with Crippen molar-refractivity contribution in [1.82, 2.24) is 4.90 Å². The van der Waals surface area contributed by atoms with E-state index in [2.05, 4.69) is 0 Å². The Hall–Kier alpha value is -0.220. The number of hydrogen-bond acceptors (Lipinski definition) is 2. The van der Waals surface area contributed by atoms with E-state index >= 15 is 0 Å². The second-order valence-electron chi connectivity index (χ2n) is 3.61. The van der Waals surface area contributed by atoms with E-state index in [1.807, 2.05) is 0 Å². The fraction of sp³-hybridized carbons (Fsp3) is 1.00. The van der Waals surface area contributed by atoms with Gasteiger partial charge < -0.3 is 4.74 Å². The lowest BCUT2D eigenvalue weighted by atomic mass is 9.93. The van der Waals surface area contributed by atoms with E-state index in [1.54, 1.807) is 11.9 Å². The van der Waals surface area contributed by atoms with Crippen molar-refractivity contribution in [1.29, 1.82) is 0 Å². The molecular weight excluding hydrogens is 152 g/mol. The first-order valence-electron chi connectivity index (χ1n) is 3.71. The molecule has 0 bridgehead atoms. The predicted molar refractivity (Wildman–Crippen MR) is 35.7 cm³/mol. The third kappa shape index (κ3) is 0.964. The molecule has 2 nitrogen and oxygen atoms in total. The number of ether oxygens (including phenoxy) is 1. The molecule has 0 aromatic rings. The van der Waals surface area contributed by atoms with Gasteiger partial charge in [0.1, 0.15) is 0 Å². The number of hydrogen-bond donors (Lipinski definition) is 0. The van der Waals surface area contributed by atoms with Gasteiger partial charge in [0.2, 0.25) is 0 Å². The van der Waals surface area contributed by atoms with Crippen LogP contribution in [0, 0.1) is 0 Å². The van der Waals surface area contributed by atoms with Crippen LogP contribution in [0.1, 0.15) is 6.42 Å². The van der Waals surface area contributed by atoms with E-state index < -0.39 is 5.92 Å². The van der Waals surface area contributed by atoms with Gasteiger partial charge in [-0.05, 0) is 7.05 Å². The van der Waals surface area contributed by atoms with Crippen LogP contribution in [0.3, 0.4) is 0 Å². The van der Waals surface area contributed by atoms with Crippen molar-refractivity contribution in [2.24, 2.45) is 0 Å². The summed E-state index contributed by atoms with van der Waals surface area (Å²) in [5.74, 6) is -2.50. The Labute approximate surface area is 64.1 Å². The van der Waals surface area contributed by atoms with E-state index in [0.717, 1.165) is 0 Å². The smallest absolute Gasteiger partial charge is 0.262 e. The van der Waals surface area contributed by atoms with Gasteiger partial charge in [-0.15, -0.1) is 0 Å². The van der Waals surface area contributed by atoms with Crippen molar-refractivity contribution in [3.8, 4) is 0 Å². The lowest BCUT2D eigenvalue weighted by molar-refractivity contribution is -0.119. The van der Waals surface area contributed by atoms with Crippen molar-refractivity contribution < 1.29 is 13.5 Å². The monoisotopic (exact) mass is 163 g/mol. The normalized spacial score (nSPS) is 34.1. The van der Waals surface area contributed by atoms with Crippen molar-refractivity contribution in [2.45, 2.75) is 17.9 Å². The number of rotatable bonds is 0. The summed E-state index contributed by atoms with van der Waals surface area (Å²) in [7, 11) is 1.74. The van der Waals surface area contributed by atoms with E-state index in [1.165, 1.54) is 0 Å². The largest absolute Gasteiger partial charge is 0.377 e. The first kappa shape index (κ1) is 7.43. The summed E-state index contributed by atoms with van der Waals surface area (Å²) >= 11 is 0. The molecule has 0 atom stereocenters. The topological polar surface area (TPSA) is 12.5 Å². The molecule has 0 radical (unpaired) electrons. The third-order valence-electron chi connectivity index (χ3n) is 2.61. The quantitative estimate of drug-likeness (QED) is 0.522. The van der Waals surface area contributed by atoms with Crippen molar-refractivity contribution in [3.63, 3.8) is 0 Å². The Morgan fingerprint density at radius 3 is 2.18 bits per heavy atom. The Morgan fingerprint density at radius 1 is 1.36 bits per heavy atom. The van der Waals surface area contributed by atoms with Gasteiger partial charge in [0, 0.05) is 6.42 Å². The molecule has 0 aromatic carbocycles. The molecule has 0 unspecified atom stereocenters. The van der Waals surface area contributed by atoms with Gasteiger partial charge in [-0.2, -0.15) is 0 Å². The maximum absolute atomic E-state index is 12.8. The second kappa shape index (κ2) is 1.93. The van der Waals surface area contributed by atoms with Crippen molar-refractivity contribution in [2.75, 3.05) is 26.8 Å². The minimum absolute atomic E-state index is 0.0312. The highest BCUT2D eigenvalue weighted by Gasteiger charge is 2.57. The molecule has 64 valence electrons. The molecule has 0 aromatic heterocycles. The van der Waals surface area contributed by atoms with Crippen LogP contribution in [-0.2, 0) is 4.74 Å². The molecule has 0 saturated carbocycles. The van der Waals surface area contributed by atoms with Gasteiger partial charge in [-0.1, -0.05) is 0 Å². The number of nitrogens with zero attached hydrogens (tertiary/aromatic N) is 1. The molecule has 0 aliphatic carbocycles. The van der Waals surface area contributed by atoms with E-state index in [0.29, 0.717) is 13.2 Å². The first-order chi connectivity index (χ1) is 5.04. The fourth-order valence-electron chi connectivity index (χ4n) is 1.85. The Balaban J connectivity index is 2.14. The maximum atomic E-state index is 12.8. The van der Waals surface area contributed by atoms with Crippen LogP contribution in [-0.4, -0.2) is 43.2 Å². The lowest BCUT2D eigenvalue weighted by Gasteiger charge is -2.42. The zero-order valence-corrected chi connectivity index (χ0v) is 6.44. The molecule has 4 heteroatoms. The van der Waals surface area contributed by atoms with Crippen LogP contribution < -0.4 is 0 Å². The van der Waals surface area contributed by atoms with Gasteiger partial charge in [0.05, 0.1) is 25.3 Å². The number of likely N-dealkylation sites (tertiary alicyclic amines) is 1. The Bertz CT molecular complexity index is 179. The molecule has 2 aliphatic rings. The molecule has 2 aliphatic heterocycles. The molecular formula is C7H11F2NO. The summed E-state index contributed by atoms with van der Waals surface area (Å²) in [6, 6.07) is 0. The Kier molecular flexibility index (Phi) is 1.30. The lowest BCUT2D eigenvalue weighted by Crippen LogP contribution is -2.57. The highest BCUT2D eigenvalue weighted by atomic mass is 19.3. The molecule has 1 spiro atoms. The summed E-state index contributed by atoms with van der Waals surface area (Å²) < 4.78 is 30.6. The van der Waals surface area contributed by atoms with E-state index in [9.17, 15) is 8.78 Å². The van der Waals surface area contributed by atoms with Crippen molar-refractivity contribution in [3.05, 3.63) is 0 Å². The van der Waals surface area contributed by atoms with Gasteiger partial charge in [-0.3, -0.25) is 4.90 Å². The van der Waals surface area contributed by atoms with Gasteiger partial charge >= 0.3 is 0 Å². The maximum Gasteiger partial charge on any atom is 0.262 e. The van der Waals surface area contributed by atoms with Crippen LogP contribution in [0.5, 0.6) is 0 Å². The van der Waals surface area contributed by atoms with Crippen LogP contribution >= 0.6 is 0 Å². The van der Waals surface area contributed by atoms with Crippen LogP contribution in [0.2, 0.25) is 0 Å². The number of likely N-dealkylation sites (N-methyl/N-ethyl adjacent to an activating group) is 1. The average molecular weight is 163 g/mol. The second-order valence-corrected chi connectivity index (χ2v) is 3.61.